The highest BCUT2D eigenvalue weighted by Gasteiger charge is 2.29. The number of benzene rings is 1. The summed E-state index contributed by atoms with van der Waals surface area (Å²) in [6, 6.07) is 4.43. The second kappa shape index (κ2) is 8.12. The predicted octanol–water partition coefficient (Wildman–Crippen LogP) is 0.693. The van der Waals surface area contributed by atoms with Crippen LogP contribution in [-0.4, -0.2) is 67.9 Å². The first-order chi connectivity index (χ1) is 11.4. The maximum absolute atomic E-state index is 12.5. The molecule has 132 valence electrons. The molecule has 7 nitrogen and oxygen atoms in total. The molecule has 0 unspecified atom stereocenters. The molecular formula is C17H24N2O5. The highest BCUT2D eigenvalue weighted by Crippen LogP contribution is 2.18. The van der Waals surface area contributed by atoms with Gasteiger partial charge in [0.25, 0.3) is 5.91 Å². The van der Waals surface area contributed by atoms with Gasteiger partial charge in [0.1, 0.15) is 18.5 Å². The van der Waals surface area contributed by atoms with E-state index in [0.29, 0.717) is 25.2 Å². The van der Waals surface area contributed by atoms with E-state index < -0.39 is 0 Å². The molecule has 1 aromatic rings. The summed E-state index contributed by atoms with van der Waals surface area (Å²) >= 11 is 0. The van der Waals surface area contributed by atoms with Gasteiger partial charge >= 0.3 is 0 Å². The van der Waals surface area contributed by atoms with E-state index >= 15 is 0 Å². The minimum atomic E-state index is -0.385. The van der Waals surface area contributed by atoms with Gasteiger partial charge in [-0.05, 0) is 31.0 Å². The molecule has 0 aliphatic carbocycles. The second-order valence-corrected chi connectivity index (χ2v) is 6.08. The van der Waals surface area contributed by atoms with Crippen LogP contribution >= 0.6 is 0 Å². The third-order valence-corrected chi connectivity index (χ3v) is 4.01. The third kappa shape index (κ3) is 4.69. The number of phenolic OH excluding ortho intramolecular Hbond substituents is 1. The van der Waals surface area contributed by atoms with Crippen molar-refractivity contribution in [2.24, 2.45) is 0 Å². The van der Waals surface area contributed by atoms with Crippen molar-refractivity contribution in [1.82, 2.24) is 10.2 Å². The van der Waals surface area contributed by atoms with Gasteiger partial charge in [-0.1, -0.05) is 6.07 Å². The van der Waals surface area contributed by atoms with E-state index in [4.69, 9.17) is 9.47 Å². The molecule has 7 heteroatoms. The molecule has 2 atom stereocenters. The Hall–Kier alpha value is -2.12. The number of ether oxygens (including phenoxy) is 2. The molecule has 1 aromatic carbocycles. The average Bonchev–Trinajstić information content (AvgIpc) is 2.55. The molecule has 0 saturated carbocycles. The van der Waals surface area contributed by atoms with Crippen molar-refractivity contribution in [3.05, 3.63) is 29.3 Å². The minimum absolute atomic E-state index is 0.0436. The third-order valence-electron chi connectivity index (χ3n) is 4.01. The van der Waals surface area contributed by atoms with Crippen LogP contribution in [0.5, 0.6) is 5.75 Å². The van der Waals surface area contributed by atoms with Crippen molar-refractivity contribution in [3.63, 3.8) is 0 Å². The van der Waals surface area contributed by atoms with E-state index in [9.17, 15) is 14.7 Å². The van der Waals surface area contributed by atoms with E-state index in [1.807, 2.05) is 6.92 Å². The molecular weight excluding hydrogens is 312 g/mol. The quantitative estimate of drug-likeness (QED) is 0.826. The number of hydrogen-bond donors (Lipinski definition) is 2. The first-order valence-corrected chi connectivity index (χ1v) is 7.88. The molecule has 0 radical (unpaired) electrons. The highest BCUT2D eigenvalue weighted by molar-refractivity contribution is 5.96. The van der Waals surface area contributed by atoms with Crippen LogP contribution in [0.4, 0.5) is 0 Å². The van der Waals surface area contributed by atoms with Crippen LogP contribution in [0.15, 0.2) is 18.2 Å². The van der Waals surface area contributed by atoms with Gasteiger partial charge in [0.15, 0.2) is 0 Å². The first kappa shape index (κ1) is 18.2. The summed E-state index contributed by atoms with van der Waals surface area (Å²) in [5.74, 6) is -0.376. The van der Waals surface area contributed by atoms with E-state index in [-0.39, 0.29) is 36.3 Å². The van der Waals surface area contributed by atoms with Crippen LogP contribution in [0.1, 0.15) is 22.3 Å². The number of nitrogens with one attached hydrogen (secondary N) is 1. The molecule has 0 bridgehead atoms. The van der Waals surface area contributed by atoms with Gasteiger partial charge < -0.3 is 24.8 Å². The maximum atomic E-state index is 12.5. The fourth-order valence-electron chi connectivity index (χ4n) is 2.45. The number of aryl methyl sites for hydroxylation is 1. The van der Waals surface area contributed by atoms with E-state index in [0.717, 1.165) is 5.56 Å². The van der Waals surface area contributed by atoms with Crippen LogP contribution in [0.2, 0.25) is 0 Å². The summed E-state index contributed by atoms with van der Waals surface area (Å²) in [5.41, 5.74) is 1.20. The highest BCUT2D eigenvalue weighted by atomic mass is 16.5. The molecule has 2 N–H and O–H groups in total. The fraction of sp³-hybridized carbons (Fsp3) is 0.529. The van der Waals surface area contributed by atoms with Crippen molar-refractivity contribution in [3.8, 4) is 5.75 Å². The Kier molecular flexibility index (Phi) is 6.16. The first-order valence-electron chi connectivity index (χ1n) is 7.88. The molecule has 1 aliphatic heterocycles. The van der Waals surface area contributed by atoms with Crippen LogP contribution in [0.25, 0.3) is 0 Å². The van der Waals surface area contributed by atoms with Crippen molar-refractivity contribution in [2.45, 2.75) is 25.5 Å². The fourth-order valence-corrected chi connectivity index (χ4v) is 2.45. The lowest BCUT2D eigenvalue weighted by atomic mass is 10.0. The molecule has 1 fully saturated rings. The van der Waals surface area contributed by atoms with Crippen LogP contribution in [0, 0.1) is 6.92 Å². The number of carbonyl (C=O) groups excluding carboxylic acids is 2. The zero-order valence-electron chi connectivity index (χ0n) is 14.2. The Morgan fingerprint density at radius 2 is 2.17 bits per heavy atom. The Labute approximate surface area is 141 Å². The number of carbonyl (C=O) groups is 2. The summed E-state index contributed by atoms with van der Waals surface area (Å²) in [6.07, 6.45) is 0.217. The van der Waals surface area contributed by atoms with E-state index in [2.05, 4.69) is 5.32 Å². The SMILES string of the molecule is Cc1ccc(O)cc1C(=O)N[C@@H]1CCOC[C@H]1OCC(=O)N(C)C. The molecule has 1 saturated heterocycles. The van der Waals surface area contributed by atoms with Gasteiger partial charge in [-0.2, -0.15) is 0 Å². The second-order valence-electron chi connectivity index (χ2n) is 6.08. The van der Waals surface area contributed by atoms with Crippen molar-refractivity contribution < 1.29 is 24.2 Å². The topological polar surface area (TPSA) is 88.1 Å². The predicted molar refractivity (Wildman–Crippen MR) is 88.0 cm³/mol. The summed E-state index contributed by atoms with van der Waals surface area (Å²) in [6.45, 7) is 2.59. The smallest absolute Gasteiger partial charge is 0.251 e. The van der Waals surface area contributed by atoms with Crippen LogP contribution in [-0.2, 0) is 14.3 Å². The number of likely N-dealkylation sites (N-methyl/N-ethyl adjacent to an activating group) is 1. The Morgan fingerprint density at radius 3 is 2.88 bits per heavy atom. The summed E-state index contributed by atoms with van der Waals surface area (Å²) in [4.78, 5) is 25.6. The van der Waals surface area contributed by atoms with Gasteiger partial charge in [-0.3, -0.25) is 9.59 Å². The largest absolute Gasteiger partial charge is 0.508 e. The summed E-state index contributed by atoms with van der Waals surface area (Å²) in [7, 11) is 3.32. The molecule has 2 amide bonds. The number of amides is 2. The van der Waals surface area contributed by atoms with Crippen molar-refractivity contribution >= 4 is 11.8 Å². The summed E-state index contributed by atoms with van der Waals surface area (Å²) < 4.78 is 11.0. The van der Waals surface area contributed by atoms with Gasteiger partial charge in [0, 0.05) is 26.3 Å². The van der Waals surface area contributed by atoms with Crippen molar-refractivity contribution in [1.29, 1.82) is 0 Å². The van der Waals surface area contributed by atoms with Gasteiger partial charge in [-0.15, -0.1) is 0 Å². The maximum Gasteiger partial charge on any atom is 0.251 e. The van der Waals surface area contributed by atoms with Gasteiger partial charge in [-0.25, -0.2) is 0 Å². The molecule has 1 heterocycles. The molecule has 24 heavy (non-hydrogen) atoms. The number of hydrogen-bond acceptors (Lipinski definition) is 5. The molecule has 0 aromatic heterocycles. The standard InChI is InChI=1S/C17H24N2O5/c1-11-4-5-12(20)8-13(11)17(22)18-14-6-7-23-9-15(14)24-10-16(21)19(2)3/h4-5,8,14-15,20H,6-7,9-10H2,1-3H3,(H,18,22)/t14-,15-/m1/s1. The minimum Gasteiger partial charge on any atom is -0.508 e. The zero-order chi connectivity index (χ0) is 17.7. The average molecular weight is 336 g/mol. The Balaban J connectivity index is 2.01. The lowest BCUT2D eigenvalue weighted by Crippen LogP contribution is -2.50. The molecule has 0 spiro atoms. The number of phenols is 1. The lowest BCUT2D eigenvalue weighted by molar-refractivity contribution is -0.140. The van der Waals surface area contributed by atoms with Gasteiger partial charge in [0.05, 0.1) is 12.6 Å². The molecule has 1 aliphatic rings. The van der Waals surface area contributed by atoms with Gasteiger partial charge in [0.2, 0.25) is 5.91 Å². The van der Waals surface area contributed by atoms with E-state index in [1.54, 1.807) is 26.2 Å². The Morgan fingerprint density at radius 1 is 1.42 bits per heavy atom. The van der Waals surface area contributed by atoms with E-state index in [1.165, 1.54) is 11.0 Å². The normalized spacial score (nSPS) is 20.5. The monoisotopic (exact) mass is 336 g/mol. The Bertz CT molecular complexity index is 603. The van der Waals surface area contributed by atoms with Crippen LogP contribution in [0.3, 0.4) is 0 Å². The number of rotatable bonds is 5. The summed E-state index contributed by atoms with van der Waals surface area (Å²) in [5, 5.41) is 12.5. The lowest BCUT2D eigenvalue weighted by Gasteiger charge is -2.32. The molecule has 2 rings (SSSR count). The zero-order valence-corrected chi connectivity index (χ0v) is 14.2. The number of nitrogens with zero attached hydrogens (tertiary/aromatic N) is 1. The van der Waals surface area contributed by atoms with Crippen molar-refractivity contribution in [2.75, 3.05) is 33.9 Å². The van der Waals surface area contributed by atoms with Crippen LogP contribution < -0.4 is 5.32 Å². The number of aromatic hydroxyl groups is 1.